The van der Waals surface area contributed by atoms with Crippen molar-refractivity contribution in [1.82, 2.24) is 0 Å². The quantitative estimate of drug-likeness (QED) is 0.712. The van der Waals surface area contributed by atoms with Crippen LogP contribution in [0.3, 0.4) is 0 Å². The first-order chi connectivity index (χ1) is 13.7. The van der Waals surface area contributed by atoms with Crippen molar-refractivity contribution in [3.8, 4) is 0 Å². The minimum atomic E-state index is -1.02. The molecule has 29 heavy (non-hydrogen) atoms. The average Bonchev–Trinajstić information content (AvgIpc) is 3.15. The number of esters is 1. The van der Waals surface area contributed by atoms with Gasteiger partial charge in [0.25, 0.3) is 5.91 Å². The van der Waals surface area contributed by atoms with Crippen LogP contribution in [0, 0.1) is 26.6 Å². The number of carbonyl (C=O) groups excluding carboxylic acids is 2. The van der Waals surface area contributed by atoms with E-state index in [0.717, 1.165) is 35.2 Å². The molecular weight excluding hydrogens is 369 g/mol. The standard InChI is InChI=1S/C24H28FNO3/c1-15-13-16(2)21(17(3)14-15)26-22(27)18(4)29-23(28)24(11-7-8-12-24)19-9-5-6-10-20(19)25/h5-6,9-10,13-14,18H,7-8,11-12H2,1-4H3,(H,26,27)/t18-/m0/s1. The van der Waals surface area contributed by atoms with E-state index in [1.165, 1.54) is 6.07 Å². The zero-order valence-corrected chi connectivity index (χ0v) is 17.5. The van der Waals surface area contributed by atoms with Crippen LogP contribution in [0.1, 0.15) is 54.9 Å². The number of amides is 1. The highest BCUT2D eigenvalue weighted by Crippen LogP contribution is 2.43. The Bertz CT molecular complexity index is 908. The van der Waals surface area contributed by atoms with Crippen LogP contribution in [-0.4, -0.2) is 18.0 Å². The maximum Gasteiger partial charge on any atom is 0.317 e. The lowest BCUT2D eigenvalue weighted by Gasteiger charge is -2.29. The molecule has 1 aliphatic rings. The summed E-state index contributed by atoms with van der Waals surface area (Å²) >= 11 is 0. The lowest BCUT2D eigenvalue weighted by atomic mass is 9.78. The van der Waals surface area contributed by atoms with Gasteiger partial charge in [-0.15, -0.1) is 0 Å². The second-order valence-corrected chi connectivity index (χ2v) is 8.08. The molecule has 1 fully saturated rings. The summed E-state index contributed by atoms with van der Waals surface area (Å²) < 4.78 is 20.0. The molecule has 1 aliphatic carbocycles. The molecule has 1 N–H and O–H groups in total. The molecule has 0 bridgehead atoms. The zero-order chi connectivity index (χ0) is 21.2. The lowest BCUT2D eigenvalue weighted by molar-refractivity contribution is -0.159. The normalized spacial score (nSPS) is 16.3. The molecular formula is C24H28FNO3. The maximum atomic E-state index is 14.5. The maximum absolute atomic E-state index is 14.5. The van der Waals surface area contributed by atoms with Crippen molar-refractivity contribution in [2.24, 2.45) is 0 Å². The fourth-order valence-electron chi connectivity index (χ4n) is 4.34. The summed E-state index contributed by atoms with van der Waals surface area (Å²) in [6.45, 7) is 7.41. The molecule has 0 saturated heterocycles. The van der Waals surface area contributed by atoms with Crippen LogP contribution in [0.2, 0.25) is 0 Å². The van der Waals surface area contributed by atoms with Crippen molar-refractivity contribution >= 4 is 17.6 Å². The minimum Gasteiger partial charge on any atom is -0.452 e. The minimum absolute atomic E-state index is 0.361. The van der Waals surface area contributed by atoms with Gasteiger partial charge >= 0.3 is 5.97 Å². The molecule has 0 aliphatic heterocycles. The Balaban J connectivity index is 1.77. The number of hydrogen-bond acceptors (Lipinski definition) is 3. The topological polar surface area (TPSA) is 55.4 Å². The van der Waals surface area contributed by atoms with E-state index in [1.54, 1.807) is 25.1 Å². The number of anilines is 1. The van der Waals surface area contributed by atoms with E-state index in [2.05, 4.69) is 5.32 Å². The molecule has 154 valence electrons. The molecule has 5 heteroatoms. The number of carbonyl (C=O) groups is 2. The van der Waals surface area contributed by atoms with Gasteiger partial charge in [0.1, 0.15) is 5.82 Å². The van der Waals surface area contributed by atoms with E-state index in [1.807, 2.05) is 32.9 Å². The van der Waals surface area contributed by atoms with Gasteiger partial charge in [-0.2, -0.15) is 0 Å². The Kier molecular flexibility index (Phi) is 6.06. The lowest BCUT2D eigenvalue weighted by Crippen LogP contribution is -2.40. The highest BCUT2D eigenvalue weighted by Gasteiger charge is 2.46. The molecule has 0 heterocycles. The highest BCUT2D eigenvalue weighted by molar-refractivity contribution is 5.97. The SMILES string of the molecule is Cc1cc(C)c(NC(=O)[C@H](C)OC(=O)C2(c3ccccc3F)CCCC2)c(C)c1. The Labute approximate surface area is 171 Å². The molecule has 4 nitrogen and oxygen atoms in total. The number of benzene rings is 2. The van der Waals surface area contributed by atoms with Gasteiger partial charge in [0, 0.05) is 11.3 Å². The molecule has 1 amide bonds. The van der Waals surface area contributed by atoms with Crippen LogP contribution in [0.4, 0.5) is 10.1 Å². The van der Waals surface area contributed by atoms with Gasteiger partial charge in [-0.3, -0.25) is 9.59 Å². The smallest absolute Gasteiger partial charge is 0.317 e. The Morgan fingerprint density at radius 3 is 2.24 bits per heavy atom. The van der Waals surface area contributed by atoms with E-state index < -0.39 is 29.2 Å². The van der Waals surface area contributed by atoms with Crippen LogP contribution in [0.15, 0.2) is 36.4 Å². The molecule has 3 rings (SSSR count). The number of hydrogen-bond donors (Lipinski definition) is 1. The molecule has 2 aromatic rings. The monoisotopic (exact) mass is 397 g/mol. The number of nitrogens with one attached hydrogen (secondary N) is 1. The molecule has 0 unspecified atom stereocenters. The number of rotatable bonds is 5. The number of aryl methyl sites for hydroxylation is 3. The van der Waals surface area contributed by atoms with Crippen molar-refractivity contribution in [2.45, 2.75) is 64.9 Å². The van der Waals surface area contributed by atoms with E-state index >= 15 is 0 Å². The molecule has 0 aromatic heterocycles. The zero-order valence-electron chi connectivity index (χ0n) is 17.5. The molecule has 1 saturated carbocycles. The summed E-state index contributed by atoms with van der Waals surface area (Å²) in [5.74, 6) is -1.33. The first-order valence-electron chi connectivity index (χ1n) is 10.1. The number of halogens is 1. The predicted molar refractivity (Wildman–Crippen MR) is 111 cm³/mol. The fraction of sp³-hybridized carbons (Fsp3) is 0.417. The second-order valence-electron chi connectivity index (χ2n) is 8.08. The summed E-state index contributed by atoms with van der Waals surface area (Å²) in [5, 5.41) is 2.87. The van der Waals surface area contributed by atoms with Crippen molar-refractivity contribution in [3.05, 3.63) is 64.5 Å². The van der Waals surface area contributed by atoms with Crippen LogP contribution in [0.25, 0.3) is 0 Å². The van der Waals surface area contributed by atoms with Crippen LogP contribution < -0.4 is 5.32 Å². The summed E-state index contributed by atoms with van der Waals surface area (Å²) in [6.07, 6.45) is 1.72. The molecule has 1 atom stereocenters. The van der Waals surface area contributed by atoms with Crippen molar-refractivity contribution in [2.75, 3.05) is 5.32 Å². The summed E-state index contributed by atoms with van der Waals surface area (Å²) in [5.41, 5.74) is 3.09. The summed E-state index contributed by atoms with van der Waals surface area (Å²) in [7, 11) is 0. The Hall–Kier alpha value is -2.69. The van der Waals surface area contributed by atoms with E-state index in [9.17, 15) is 14.0 Å². The van der Waals surface area contributed by atoms with Gasteiger partial charge in [-0.05, 0) is 57.7 Å². The van der Waals surface area contributed by atoms with Gasteiger partial charge in [-0.25, -0.2) is 4.39 Å². The third-order valence-electron chi connectivity index (χ3n) is 5.82. The Morgan fingerprint density at radius 2 is 1.66 bits per heavy atom. The van der Waals surface area contributed by atoms with Gasteiger partial charge in [0.2, 0.25) is 0 Å². The fourth-order valence-corrected chi connectivity index (χ4v) is 4.34. The average molecular weight is 397 g/mol. The largest absolute Gasteiger partial charge is 0.452 e. The van der Waals surface area contributed by atoms with E-state index in [4.69, 9.17) is 4.74 Å². The molecule has 0 radical (unpaired) electrons. The summed E-state index contributed by atoms with van der Waals surface area (Å²) in [6, 6.07) is 10.3. The van der Waals surface area contributed by atoms with Crippen LogP contribution in [-0.2, 0) is 19.7 Å². The second kappa shape index (κ2) is 8.36. The highest BCUT2D eigenvalue weighted by atomic mass is 19.1. The van der Waals surface area contributed by atoms with Gasteiger partial charge in [-0.1, -0.05) is 48.7 Å². The Morgan fingerprint density at radius 1 is 1.07 bits per heavy atom. The molecule has 2 aromatic carbocycles. The number of ether oxygens (including phenoxy) is 1. The summed E-state index contributed by atoms with van der Waals surface area (Å²) in [4.78, 5) is 25.8. The van der Waals surface area contributed by atoms with Crippen molar-refractivity contribution < 1.29 is 18.7 Å². The van der Waals surface area contributed by atoms with E-state index in [0.29, 0.717) is 18.4 Å². The third kappa shape index (κ3) is 4.19. The van der Waals surface area contributed by atoms with Crippen molar-refractivity contribution in [3.63, 3.8) is 0 Å². The predicted octanol–water partition coefficient (Wildman–Crippen LogP) is 5.13. The van der Waals surface area contributed by atoms with Crippen molar-refractivity contribution in [1.29, 1.82) is 0 Å². The van der Waals surface area contributed by atoms with Gasteiger partial charge in [0.15, 0.2) is 6.10 Å². The first-order valence-corrected chi connectivity index (χ1v) is 10.1. The van der Waals surface area contributed by atoms with E-state index in [-0.39, 0.29) is 0 Å². The van der Waals surface area contributed by atoms with Crippen LogP contribution in [0.5, 0.6) is 0 Å². The van der Waals surface area contributed by atoms with Crippen LogP contribution >= 0.6 is 0 Å². The first kappa shape index (κ1) is 21.0. The van der Waals surface area contributed by atoms with Gasteiger partial charge in [0.05, 0.1) is 5.41 Å². The van der Waals surface area contributed by atoms with Gasteiger partial charge < -0.3 is 10.1 Å². The molecule has 0 spiro atoms. The third-order valence-corrected chi connectivity index (χ3v) is 5.82.